The smallest absolute Gasteiger partial charge is 0.335 e. The lowest BCUT2D eigenvalue weighted by molar-refractivity contribution is 0.0696. The molecular weight excluding hydrogens is 342 g/mol. The third-order valence-corrected chi connectivity index (χ3v) is 4.66. The Kier molecular flexibility index (Phi) is 4.25. The van der Waals surface area contributed by atoms with Crippen LogP contribution in [0.1, 0.15) is 30.5 Å². The van der Waals surface area contributed by atoms with E-state index in [4.69, 9.17) is 5.11 Å². The molecule has 0 aliphatic carbocycles. The van der Waals surface area contributed by atoms with Crippen LogP contribution in [0.5, 0.6) is 0 Å². The number of carbonyl (C=O) groups is 2. The molecular formula is C14H12BrNO3S. The molecule has 2 N–H and O–H groups in total. The van der Waals surface area contributed by atoms with Crippen molar-refractivity contribution >= 4 is 44.8 Å². The maximum Gasteiger partial charge on any atom is 0.335 e. The van der Waals surface area contributed by atoms with Crippen molar-refractivity contribution in [3.05, 3.63) is 49.6 Å². The van der Waals surface area contributed by atoms with Gasteiger partial charge in [0.15, 0.2) is 0 Å². The average molecular weight is 354 g/mol. The van der Waals surface area contributed by atoms with Gasteiger partial charge in [-0.05, 0) is 59.6 Å². The van der Waals surface area contributed by atoms with Crippen molar-refractivity contribution < 1.29 is 14.7 Å². The van der Waals surface area contributed by atoms with Gasteiger partial charge in [-0.3, -0.25) is 4.79 Å². The number of thiophene rings is 1. The van der Waals surface area contributed by atoms with Crippen LogP contribution in [0.2, 0.25) is 0 Å². The first-order valence-electron chi connectivity index (χ1n) is 5.79. The number of rotatable bonds is 3. The van der Waals surface area contributed by atoms with Crippen molar-refractivity contribution in [1.29, 1.82) is 0 Å². The number of anilines is 1. The van der Waals surface area contributed by atoms with Crippen LogP contribution in [-0.4, -0.2) is 17.0 Å². The molecule has 0 aliphatic heterocycles. The number of aromatic carboxylic acids is 1. The fraction of sp³-hybridized carbons (Fsp3) is 0.143. The molecule has 2 aromatic rings. The zero-order chi connectivity index (χ0) is 14.9. The molecule has 0 aliphatic rings. The molecule has 104 valence electrons. The van der Waals surface area contributed by atoms with Gasteiger partial charge in [-0.2, -0.15) is 0 Å². The van der Waals surface area contributed by atoms with Crippen molar-refractivity contribution in [3.8, 4) is 0 Å². The molecule has 1 amide bonds. The molecule has 4 nitrogen and oxygen atoms in total. The summed E-state index contributed by atoms with van der Waals surface area (Å²) in [4.78, 5) is 24.7. The number of carboxylic acids is 1. The summed E-state index contributed by atoms with van der Waals surface area (Å²) in [6.07, 6.45) is 0. The minimum Gasteiger partial charge on any atom is -0.478 e. The van der Waals surface area contributed by atoms with E-state index >= 15 is 0 Å². The van der Waals surface area contributed by atoms with Gasteiger partial charge in [-0.1, -0.05) is 0 Å². The predicted octanol–water partition coefficient (Wildman–Crippen LogP) is 4.08. The molecule has 0 unspecified atom stereocenters. The van der Waals surface area contributed by atoms with Crippen molar-refractivity contribution in [3.63, 3.8) is 0 Å². The van der Waals surface area contributed by atoms with Gasteiger partial charge in [0.25, 0.3) is 5.91 Å². The van der Waals surface area contributed by atoms with Crippen molar-refractivity contribution in [2.45, 2.75) is 13.8 Å². The van der Waals surface area contributed by atoms with E-state index in [1.165, 1.54) is 23.5 Å². The lowest BCUT2D eigenvalue weighted by Crippen LogP contribution is -2.11. The van der Waals surface area contributed by atoms with E-state index in [1.807, 2.05) is 19.9 Å². The molecule has 0 saturated carbocycles. The summed E-state index contributed by atoms with van der Waals surface area (Å²) >= 11 is 4.70. The maximum atomic E-state index is 12.1. The van der Waals surface area contributed by atoms with Crippen molar-refractivity contribution in [2.24, 2.45) is 0 Å². The predicted molar refractivity (Wildman–Crippen MR) is 82.8 cm³/mol. The van der Waals surface area contributed by atoms with Crippen LogP contribution >= 0.6 is 27.3 Å². The molecule has 0 fully saturated rings. The highest BCUT2D eigenvalue weighted by atomic mass is 79.9. The molecule has 0 bridgehead atoms. The van der Waals surface area contributed by atoms with Crippen LogP contribution < -0.4 is 5.32 Å². The first kappa shape index (κ1) is 14.7. The molecule has 2 rings (SSSR count). The number of amides is 1. The van der Waals surface area contributed by atoms with Gasteiger partial charge in [0, 0.05) is 9.35 Å². The number of aryl methyl sites for hydroxylation is 2. The second-order valence-corrected chi connectivity index (χ2v) is 6.41. The van der Waals surface area contributed by atoms with Gasteiger partial charge >= 0.3 is 5.97 Å². The van der Waals surface area contributed by atoms with Crippen molar-refractivity contribution in [2.75, 3.05) is 5.32 Å². The zero-order valence-corrected chi connectivity index (χ0v) is 13.3. The highest BCUT2D eigenvalue weighted by Crippen LogP contribution is 2.26. The second-order valence-electron chi connectivity index (χ2n) is 4.30. The van der Waals surface area contributed by atoms with E-state index in [-0.39, 0.29) is 11.5 Å². The number of hydrogen-bond donors (Lipinski definition) is 2. The summed E-state index contributed by atoms with van der Waals surface area (Å²) < 4.78 is 0.538. The van der Waals surface area contributed by atoms with Crippen molar-refractivity contribution in [1.82, 2.24) is 0 Å². The van der Waals surface area contributed by atoms with E-state index < -0.39 is 5.97 Å². The fourth-order valence-corrected chi connectivity index (χ4v) is 3.03. The first-order valence-corrected chi connectivity index (χ1v) is 7.40. The molecule has 0 atom stereocenters. The summed E-state index contributed by atoms with van der Waals surface area (Å²) in [7, 11) is 0. The van der Waals surface area contributed by atoms with E-state index in [2.05, 4.69) is 21.2 Å². The summed E-state index contributed by atoms with van der Waals surface area (Å²) in [5, 5.41) is 11.7. The number of nitrogens with one attached hydrogen (secondary N) is 1. The van der Waals surface area contributed by atoms with Crippen LogP contribution in [0.4, 0.5) is 5.69 Å². The Bertz CT molecular complexity index is 674. The molecule has 1 heterocycles. The Labute approximate surface area is 128 Å². The number of hydrogen-bond acceptors (Lipinski definition) is 3. The minimum absolute atomic E-state index is 0.165. The third kappa shape index (κ3) is 3.08. The van der Waals surface area contributed by atoms with Crippen LogP contribution in [0, 0.1) is 13.8 Å². The molecule has 0 radical (unpaired) electrons. The molecule has 1 aromatic heterocycles. The number of halogens is 1. The average Bonchev–Trinajstić information content (AvgIpc) is 2.72. The lowest BCUT2D eigenvalue weighted by atomic mass is 10.2. The fourth-order valence-electron chi connectivity index (χ4n) is 1.62. The maximum absolute atomic E-state index is 12.1. The first-order chi connectivity index (χ1) is 9.38. The summed E-state index contributed by atoms with van der Waals surface area (Å²) in [5.74, 6) is -1.21. The molecule has 6 heteroatoms. The number of carboxylic acid groups (broad SMARTS) is 1. The van der Waals surface area contributed by atoms with Gasteiger partial charge < -0.3 is 10.4 Å². The third-order valence-electron chi connectivity index (χ3n) is 2.85. The van der Waals surface area contributed by atoms with E-state index in [0.717, 1.165) is 10.4 Å². The Morgan fingerprint density at radius 1 is 1.25 bits per heavy atom. The largest absolute Gasteiger partial charge is 0.478 e. The minimum atomic E-state index is -1.01. The Morgan fingerprint density at radius 3 is 2.45 bits per heavy atom. The van der Waals surface area contributed by atoms with Gasteiger partial charge in [0.2, 0.25) is 0 Å². The zero-order valence-electron chi connectivity index (χ0n) is 10.9. The monoisotopic (exact) mass is 353 g/mol. The van der Waals surface area contributed by atoms with Gasteiger partial charge in [0.1, 0.15) is 0 Å². The van der Waals surface area contributed by atoms with E-state index in [9.17, 15) is 9.59 Å². The molecule has 20 heavy (non-hydrogen) atoms. The lowest BCUT2D eigenvalue weighted by Gasteiger charge is -2.07. The van der Waals surface area contributed by atoms with Crippen LogP contribution in [0.15, 0.2) is 28.7 Å². The van der Waals surface area contributed by atoms with Gasteiger partial charge in [-0.15, -0.1) is 11.3 Å². The second kappa shape index (κ2) is 5.76. The Hall–Kier alpha value is -1.66. The molecule has 0 spiro atoms. The normalized spacial score (nSPS) is 10.3. The SMILES string of the molecule is Cc1cc(C(=O)Nc2ccc(C(=O)O)cc2Br)sc1C. The highest BCUT2D eigenvalue weighted by Gasteiger charge is 2.13. The van der Waals surface area contributed by atoms with Crippen LogP contribution in [-0.2, 0) is 0 Å². The van der Waals surface area contributed by atoms with Gasteiger partial charge in [0.05, 0.1) is 16.1 Å². The summed E-state index contributed by atoms with van der Waals surface area (Å²) in [5.41, 5.74) is 1.79. The standard InChI is InChI=1S/C14H12BrNO3S/c1-7-5-12(20-8(7)2)13(17)16-11-4-3-9(14(18)19)6-10(11)15/h3-6H,1-2H3,(H,16,17)(H,18,19). The van der Waals surface area contributed by atoms with E-state index in [1.54, 1.807) is 6.07 Å². The topological polar surface area (TPSA) is 66.4 Å². The van der Waals surface area contributed by atoms with Gasteiger partial charge in [-0.25, -0.2) is 4.79 Å². The Morgan fingerprint density at radius 2 is 1.95 bits per heavy atom. The summed E-state index contributed by atoms with van der Waals surface area (Å²) in [6.45, 7) is 3.93. The number of benzene rings is 1. The van der Waals surface area contributed by atoms with Crippen LogP contribution in [0.25, 0.3) is 0 Å². The number of carbonyl (C=O) groups excluding carboxylic acids is 1. The molecule has 0 saturated heterocycles. The summed E-state index contributed by atoms with van der Waals surface area (Å²) in [6, 6.07) is 6.32. The molecule has 1 aromatic carbocycles. The highest BCUT2D eigenvalue weighted by molar-refractivity contribution is 9.10. The van der Waals surface area contributed by atoms with E-state index in [0.29, 0.717) is 15.0 Å². The quantitative estimate of drug-likeness (QED) is 0.873. The van der Waals surface area contributed by atoms with Crippen LogP contribution in [0.3, 0.4) is 0 Å². The Balaban J connectivity index is 2.21.